The summed E-state index contributed by atoms with van der Waals surface area (Å²) in [7, 11) is 3.05. The second-order valence-electron chi connectivity index (χ2n) is 6.63. The quantitative estimate of drug-likeness (QED) is 0.328. The molecule has 1 heterocycles. The van der Waals surface area contributed by atoms with Crippen LogP contribution in [-0.2, 0) is 0 Å². The van der Waals surface area contributed by atoms with E-state index in [1.54, 1.807) is 31.4 Å². The van der Waals surface area contributed by atoms with Gasteiger partial charge in [-0.2, -0.15) is 10.2 Å². The second-order valence-corrected chi connectivity index (χ2v) is 6.63. The number of aromatic amines is 1. The largest absolute Gasteiger partial charge is 0.504 e. The summed E-state index contributed by atoms with van der Waals surface area (Å²) in [5.74, 6) is 0.438. The lowest BCUT2D eigenvalue weighted by molar-refractivity contribution is 0.0950. The first-order valence-electron chi connectivity index (χ1n) is 9.43. The van der Waals surface area contributed by atoms with Crippen LogP contribution in [-0.4, -0.2) is 41.6 Å². The molecule has 0 fully saturated rings. The number of H-pyrrole nitrogens is 1. The molecular formula is C23H20N4O4. The number of methoxy groups -OCH3 is 2. The maximum Gasteiger partial charge on any atom is 0.289 e. The van der Waals surface area contributed by atoms with Crippen LogP contribution < -0.4 is 14.9 Å². The molecule has 3 aromatic carbocycles. The number of aromatic hydroxyl groups is 1. The topological polar surface area (TPSA) is 109 Å². The van der Waals surface area contributed by atoms with E-state index in [2.05, 4.69) is 20.7 Å². The Balaban J connectivity index is 1.57. The average Bonchev–Trinajstić information content (AvgIpc) is 3.29. The zero-order valence-corrected chi connectivity index (χ0v) is 16.9. The van der Waals surface area contributed by atoms with Gasteiger partial charge in [-0.15, -0.1) is 0 Å². The van der Waals surface area contributed by atoms with Crippen LogP contribution in [0.15, 0.2) is 65.8 Å². The summed E-state index contributed by atoms with van der Waals surface area (Å²) in [6, 6.07) is 18.3. The van der Waals surface area contributed by atoms with Crippen molar-refractivity contribution in [2.24, 2.45) is 5.10 Å². The molecule has 8 nitrogen and oxygen atoms in total. The van der Waals surface area contributed by atoms with Crippen molar-refractivity contribution in [3.63, 3.8) is 0 Å². The average molecular weight is 416 g/mol. The van der Waals surface area contributed by atoms with E-state index in [1.807, 2.05) is 36.4 Å². The van der Waals surface area contributed by atoms with Gasteiger partial charge >= 0.3 is 0 Å². The molecule has 4 rings (SSSR count). The van der Waals surface area contributed by atoms with Crippen molar-refractivity contribution in [2.75, 3.05) is 14.2 Å². The van der Waals surface area contributed by atoms with Crippen molar-refractivity contribution in [3.8, 4) is 28.5 Å². The Morgan fingerprint density at radius 1 is 1.06 bits per heavy atom. The molecule has 0 spiro atoms. The van der Waals surface area contributed by atoms with Crippen LogP contribution in [0.25, 0.3) is 22.0 Å². The Hall–Kier alpha value is -4.33. The van der Waals surface area contributed by atoms with E-state index >= 15 is 0 Å². The molecule has 0 radical (unpaired) electrons. The number of benzene rings is 3. The van der Waals surface area contributed by atoms with Crippen molar-refractivity contribution >= 4 is 22.9 Å². The van der Waals surface area contributed by atoms with E-state index < -0.39 is 5.91 Å². The van der Waals surface area contributed by atoms with Gasteiger partial charge in [0.1, 0.15) is 11.4 Å². The minimum absolute atomic E-state index is 0.0603. The number of ether oxygens (including phenoxy) is 2. The molecule has 156 valence electrons. The number of rotatable bonds is 6. The normalized spacial score (nSPS) is 11.0. The molecule has 0 saturated heterocycles. The first-order valence-corrected chi connectivity index (χ1v) is 9.43. The molecule has 31 heavy (non-hydrogen) atoms. The summed E-state index contributed by atoms with van der Waals surface area (Å²) in [5, 5.41) is 23.0. The molecule has 1 amide bonds. The van der Waals surface area contributed by atoms with Gasteiger partial charge in [-0.05, 0) is 35.0 Å². The Kier molecular flexibility index (Phi) is 5.53. The lowest BCUT2D eigenvalue weighted by Crippen LogP contribution is -2.18. The van der Waals surface area contributed by atoms with Crippen LogP contribution >= 0.6 is 0 Å². The number of phenolic OH excluding ortho intramolecular Hbond substituents is 1. The minimum atomic E-state index is -0.475. The molecule has 0 aliphatic carbocycles. The molecule has 0 aliphatic rings. The minimum Gasteiger partial charge on any atom is -0.504 e. The number of amides is 1. The van der Waals surface area contributed by atoms with Crippen LogP contribution in [0.1, 0.15) is 16.1 Å². The molecule has 0 unspecified atom stereocenters. The smallest absolute Gasteiger partial charge is 0.289 e. The summed E-state index contributed by atoms with van der Waals surface area (Å²) in [6.07, 6.45) is 1.33. The van der Waals surface area contributed by atoms with Crippen molar-refractivity contribution in [3.05, 3.63) is 71.9 Å². The van der Waals surface area contributed by atoms with Crippen molar-refractivity contribution < 1.29 is 19.4 Å². The molecule has 8 heteroatoms. The number of nitrogens with one attached hydrogen (secondary N) is 2. The van der Waals surface area contributed by atoms with Crippen LogP contribution in [0.2, 0.25) is 0 Å². The summed E-state index contributed by atoms with van der Waals surface area (Å²) >= 11 is 0. The van der Waals surface area contributed by atoms with Gasteiger partial charge in [0.05, 0.1) is 31.7 Å². The molecule has 0 bridgehead atoms. The number of para-hydroxylation sites is 1. The zero-order valence-electron chi connectivity index (χ0n) is 16.9. The fourth-order valence-electron chi connectivity index (χ4n) is 3.28. The third-order valence-electron chi connectivity index (χ3n) is 4.81. The third-order valence-corrected chi connectivity index (χ3v) is 4.81. The molecule has 1 aromatic heterocycles. The van der Waals surface area contributed by atoms with Gasteiger partial charge in [0.25, 0.3) is 5.91 Å². The Morgan fingerprint density at radius 2 is 1.87 bits per heavy atom. The number of hydrogen-bond acceptors (Lipinski definition) is 6. The predicted octanol–water partition coefficient (Wildman–Crippen LogP) is 3.72. The van der Waals surface area contributed by atoms with Gasteiger partial charge in [-0.3, -0.25) is 9.89 Å². The van der Waals surface area contributed by atoms with E-state index in [-0.39, 0.29) is 11.4 Å². The zero-order chi connectivity index (χ0) is 21.8. The van der Waals surface area contributed by atoms with Gasteiger partial charge in [0.2, 0.25) is 0 Å². The number of carbonyl (C=O) groups is 1. The summed E-state index contributed by atoms with van der Waals surface area (Å²) in [4.78, 5) is 12.5. The van der Waals surface area contributed by atoms with E-state index in [1.165, 1.54) is 13.3 Å². The fourth-order valence-corrected chi connectivity index (χ4v) is 3.28. The Labute approximate surface area is 178 Å². The van der Waals surface area contributed by atoms with E-state index in [0.29, 0.717) is 22.8 Å². The number of hydrazone groups is 1. The number of phenols is 1. The van der Waals surface area contributed by atoms with Crippen LogP contribution in [0.5, 0.6) is 17.2 Å². The highest BCUT2D eigenvalue weighted by molar-refractivity contribution is 6.00. The van der Waals surface area contributed by atoms with Crippen LogP contribution in [0, 0.1) is 0 Å². The number of aromatic nitrogens is 2. The van der Waals surface area contributed by atoms with Crippen LogP contribution in [0.4, 0.5) is 0 Å². The molecule has 0 saturated carbocycles. The number of fused-ring (bicyclic) bond motifs is 1. The summed E-state index contributed by atoms with van der Waals surface area (Å²) in [6.45, 7) is 0. The van der Waals surface area contributed by atoms with Gasteiger partial charge in [0.15, 0.2) is 11.5 Å². The standard InChI is InChI=1S/C23H20N4O4/c1-30-19-11-10-14-6-3-4-8-16(14)21(19)17-12-18(26-25-17)23(29)27-24-13-15-7-5-9-20(31-2)22(15)28/h3-13,28H,1-2H3,(H,25,26)(H,27,29)/b24-13-. The lowest BCUT2D eigenvalue weighted by atomic mass is 10.0. The number of carbonyl (C=O) groups excluding carboxylic acids is 1. The molecule has 0 atom stereocenters. The maximum atomic E-state index is 12.5. The number of hydrogen-bond donors (Lipinski definition) is 3. The van der Waals surface area contributed by atoms with E-state index in [0.717, 1.165) is 16.3 Å². The molecule has 3 N–H and O–H groups in total. The van der Waals surface area contributed by atoms with Gasteiger partial charge in [-0.25, -0.2) is 5.43 Å². The maximum absolute atomic E-state index is 12.5. The van der Waals surface area contributed by atoms with Crippen molar-refractivity contribution in [1.82, 2.24) is 15.6 Å². The highest BCUT2D eigenvalue weighted by atomic mass is 16.5. The SMILES string of the molecule is COc1cccc(/C=N\NC(=O)c2cc(-c3c(OC)ccc4ccccc34)n[nH]2)c1O. The molecular weight excluding hydrogens is 396 g/mol. The van der Waals surface area contributed by atoms with E-state index in [9.17, 15) is 9.90 Å². The van der Waals surface area contributed by atoms with Crippen molar-refractivity contribution in [2.45, 2.75) is 0 Å². The number of nitrogens with zero attached hydrogens (tertiary/aromatic N) is 2. The van der Waals surface area contributed by atoms with Gasteiger partial charge < -0.3 is 14.6 Å². The third kappa shape index (κ3) is 3.91. The summed E-state index contributed by atoms with van der Waals surface area (Å²) < 4.78 is 10.6. The van der Waals surface area contributed by atoms with E-state index in [4.69, 9.17) is 9.47 Å². The van der Waals surface area contributed by atoms with Gasteiger partial charge in [0, 0.05) is 5.56 Å². The van der Waals surface area contributed by atoms with Crippen LogP contribution in [0.3, 0.4) is 0 Å². The first kappa shape index (κ1) is 20.0. The first-order chi connectivity index (χ1) is 15.1. The lowest BCUT2D eigenvalue weighted by Gasteiger charge is -2.09. The fraction of sp³-hybridized carbons (Fsp3) is 0.0870. The highest BCUT2D eigenvalue weighted by Crippen LogP contribution is 2.36. The summed E-state index contributed by atoms with van der Waals surface area (Å²) in [5.41, 5.74) is 4.43. The Bertz CT molecular complexity index is 1280. The second kappa shape index (κ2) is 8.58. The Morgan fingerprint density at radius 3 is 2.68 bits per heavy atom. The molecule has 0 aliphatic heterocycles. The van der Waals surface area contributed by atoms with Gasteiger partial charge in [-0.1, -0.05) is 36.4 Å². The predicted molar refractivity (Wildman–Crippen MR) is 118 cm³/mol. The monoisotopic (exact) mass is 416 g/mol. The van der Waals surface area contributed by atoms with Crippen molar-refractivity contribution in [1.29, 1.82) is 0 Å². The highest BCUT2D eigenvalue weighted by Gasteiger charge is 2.16. The molecule has 4 aromatic rings.